The lowest BCUT2D eigenvalue weighted by Crippen LogP contribution is -2.39. The standard InChI is InChI=1S/C9H16ClN3/c1-8(10)7-12-9(11-2)13-5-3-4-6-13/h1,3-7H2,2H3,(H,11,12). The summed E-state index contributed by atoms with van der Waals surface area (Å²) < 4.78 is 0. The second-order valence-corrected chi connectivity index (χ2v) is 3.65. The highest BCUT2D eigenvalue weighted by Gasteiger charge is 2.14. The van der Waals surface area contributed by atoms with Gasteiger partial charge < -0.3 is 10.2 Å². The number of hydrogen-bond acceptors (Lipinski definition) is 1. The molecule has 0 radical (unpaired) electrons. The van der Waals surface area contributed by atoms with Crippen molar-refractivity contribution < 1.29 is 0 Å². The highest BCUT2D eigenvalue weighted by Crippen LogP contribution is 2.07. The molecular weight excluding hydrogens is 186 g/mol. The Morgan fingerprint density at radius 1 is 1.54 bits per heavy atom. The average Bonchev–Trinajstić information content (AvgIpc) is 2.58. The number of nitrogens with one attached hydrogen (secondary N) is 1. The zero-order valence-electron chi connectivity index (χ0n) is 8.02. The summed E-state index contributed by atoms with van der Waals surface area (Å²) in [5, 5.41) is 3.77. The first-order valence-corrected chi connectivity index (χ1v) is 4.90. The van der Waals surface area contributed by atoms with Gasteiger partial charge in [0.25, 0.3) is 0 Å². The predicted octanol–water partition coefficient (Wildman–Crippen LogP) is 1.41. The van der Waals surface area contributed by atoms with Gasteiger partial charge in [0.1, 0.15) is 0 Å². The largest absolute Gasteiger partial charge is 0.351 e. The summed E-state index contributed by atoms with van der Waals surface area (Å²) in [6, 6.07) is 0. The fraction of sp³-hybridized carbons (Fsp3) is 0.667. The summed E-state index contributed by atoms with van der Waals surface area (Å²) in [5.74, 6) is 0.930. The maximum absolute atomic E-state index is 5.66. The van der Waals surface area contributed by atoms with E-state index < -0.39 is 0 Å². The molecule has 0 aromatic carbocycles. The lowest BCUT2D eigenvalue weighted by molar-refractivity contribution is 0.497. The van der Waals surface area contributed by atoms with E-state index in [1.54, 1.807) is 7.05 Å². The van der Waals surface area contributed by atoms with Crippen LogP contribution in [-0.2, 0) is 0 Å². The minimum Gasteiger partial charge on any atom is -0.351 e. The number of likely N-dealkylation sites (tertiary alicyclic amines) is 1. The van der Waals surface area contributed by atoms with E-state index in [1.807, 2.05) is 0 Å². The topological polar surface area (TPSA) is 27.6 Å². The third-order valence-electron chi connectivity index (χ3n) is 2.06. The molecule has 0 bridgehead atoms. The molecule has 0 aromatic heterocycles. The molecule has 0 amide bonds. The number of aliphatic imine (C=N–C) groups is 1. The van der Waals surface area contributed by atoms with Gasteiger partial charge in [-0.2, -0.15) is 0 Å². The molecule has 4 heteroatoms. The maximum Gasteiger partial charge on any atom is 0.193 e. The van der Waals surface area contributed by atoms with Gasteiger partial charge in [-0.05, 0) is 12.8 Å². The number of guanidine groups is 1. The normalized spacial score (nSPS) is 17.7. The average molecular weight is 202 g/mol. The molecule has 74 valence electrons. The monoisotopic (exact) mass is 201 g/mol. The highest BCUT2D eigenvalue weighted by atomic mass is 35.5. The molecule has 3 nitrogen and oxygen atoms in total. The SMILES string of the molecule is C=C(Cl)CNC(=NC)N1CCCC1. The van der Waals surface area contributed by atoms with E-state index in [4.69, 9.17) is 11.6 Å². The minimum atomic E-state index is 0.588. The number of halogens is 1. The minimum absolute atomic E-state index is 0.588. The van der Waals surface area contributed by atoms with Crippen LogP contribution in [0.5, 0.6) is 0 Å². The fourth-order valence-electron chi connectivity index (χ4n) is 1.44. The molecule has 1 aliphatic heterocycles. The Balaban J connectivity index is 2.38. The summed E-state index contributed by atoms with van der Waals surface area (Å²) in [7, 11) is 1.79. The number of hydrogen-bond donors (Lipinski definition) is 1. The summed E-state index contributed by atoms with van der Waals surface area (Å²) in [4.78, 5) is 6.41. The van der Waals surface area contributed by atoms with Crippen LogP contribution in [-0.4, -0.2) is 37.5 Å². The Kier molecular flexibility index (Phi) is 4.09. The van der Waals surface area contributed by atoms with Crippen LogP contribution < -0.4 is 5.32 Å². The number of nitrogens with zero attached hydrogens (tertiary/aromatic N) is 2. The lowest BCUT2D eigenvalue weighted by Gasteiger charge is -2.20. The third-order valence-corrected chi connectivity index (χ3v) is 2.19. The van der Waals surface area contributed by atoms with E-state index in [-0.39, 0.29) is 0 Å². The Morgan fingerprint density at radius 3 is 2.62 bits per heavy atom. The van der Waals surface area contributed by atoms with E-state index in [2.05, 4.69) is 21.8 Å². The second-order valence-electron chi connectivity index (χ2n) is 3.11. The van der Waals surface area contributed by atoms with Crippen LogP contribution in [0.25, 0.3) is 0 Å². The molecule has 1 N–H and O–H groups in total. The maximum atomic E-state index is 5.66. The Morgan fingerprint density at radius 2 is 2.15 bits per heavy atom. The summed E-state index contributed by atoms with van der Waals surface area (Å²) in [6.45, 7) is 6.39. The van der Waals surface area contributed by atoms with Crippen molar-refractivity contribution in [2.75, 3.05) is 26.7 Å². The van der Waals surface area contributed by atoms with Gasteiger partial charge in [0.15, 0.2) is 5.96 Å². The zero-order valence-corrected chi connectivity index (χ0v) is 8.77. The molecule has 13 heavy (non-hydrogen) atoms. The second kappa shape index (κ2) is 5.12. The van der Waals surface area contributed by atoms with Crippen LogP contribution in [0.2, 0.25) is 0 Å². The Bertz CT molecular complexity index is 207. The molecule has 0 aromatic rings. The van der Waals surface area contributed by atoms with Crippen molar-refractivity contribution in [3.05, 3.63) is 11.6 Å². The first-order chi connectivity index (χ1) is 6.24. The summed E-state index contributed by atoms with van der Waals surface area (Å²) >= 11 is 5.66. The molecule has 0 saturated carbocycles. The van der Waals surface area contributed by atoms with Gasteiger partial charge in [-0.3, -0.25) is 4.99 Å². The van der Waals surface area contributed by atoms with Gasteiger partial charge in [0.2, 0.25) is 0 Å². The van der Waals surface area contributed by atoms with E-state index in [0.29, 0.717) is 11.6 Å². The van der Waals surface area contributed by atoms with E-state index >= 15 is 0 Å². The van der Waals surface area contributed by atoms with E-state index in [9.17, 15) is 0 Å². The van der Waals surface area contributed by atoms with Crippen molar-refractivity contribution in [2.24, 2.45) is 4.99 Å². The first-order valence-electron chi connectivity index (χ1n) is 4.53. The lowest BCUT2D eigenvalue weighted by atomic mass is 10.4. The van der Waals surface area contributed by atoms with E-state index in [1.165, 1.54) is 12.8 Å². The smallest absolute Gasteiger partial charge is 0.193 e. The first kappa shape index (κ1) is 10.4. The van der Waals surface area contributed by atoms with Crippen LogP contribution >= 0.6 is 11.6 Å². The fourth-order valence-corrected chi connectivity index (χ4v) is 1.50. The van der Waals surface area contributed by atoms with Crippen LogP contribution in [0, 0.1) is 0 Å². The van der Waals surface area contributed by atoms with Crippen LogP contribution in [0.1, 0.15) is 12.8 Å². The van der Waals surface area contributed by atoms with Gasteiger partial charge >= 0.3 is 0 Å². The Labute approximate surface area is 84.5 Å². The quantitative estimate of drug-likeness (QED) is 0.541. The van der Waals surface area contributed by atoms with Crippen LogP contribution in [0.15, 0.2) is 16.6 Å². The van der Waals surface area contributed by atoms with Crippen molar-refractivity contribution in [1.29, 1.82) is 0 Å². The van der Waals surface area contributed by atoms with Crippen molar-refractivity contribution in [1.82, 2.24) is 10.2 Å². The van der Waals surface area contributed by atoms with Gasteiger partial charge in [0, 0.05) is 25.2 Å². The summed E-state index contributed by atoms with van der Waals surface area (Å²) in [6.07, 6.45) is 2.51. The zero-order chi connectivity index (χ0) is 9.68. The van der Waals surface area contributed by atoms with Crippen molar-refractivity contribution in [2.45, 2.75) is 12.8 Å². The molecule has 0 spiro atoms. The van der Waals surface area contributed by atoms with Gasteiger partial charge in [0.05, 0.1) is 6.54 Å². The van der Waals surface area contributed by atoms with Crippen LogP contribution in [0.3, 0.4) is 0 Å². The predicted molar refractivity (Wildman–Crippen MR) is 57.2 cm³/mol. The highest BCUT2D eigenvalue weighted by molar-refractivity contribution is 6.29. The third kappa shape index (κ3) is 3.27. The molecule has 1 fully saturated rings. The Hall–Kier alpha value is -0.700. The summed E-state index contributed by atoms with van der Waals surface area (Å²) in [5.41, 5.74) is 0. The van der Waals surface area contributed by atoms with Gasteiger partial charge in [-0.15, -0.1) is 0 Å². The van der Waals surface area contributed by atoms with Gasteiger partial charge in [-0.1, -0.05) is 18.2 Å². The molecule has 0 unspecified atom stereocenters. The van der Waals surface area contributed by atoms with Crippen molar-refractivity contribution in [3.8, 4) is 0 Å². The van der Waals surface area contributed by atoms with Crippen molar-refractivity contribution in [3.63, 3.8) is 0 Å². The molecule has 0 aliphatic carbocycles. The molecule has 1 rings (SSSR count). The number of rotatable bonds is 2. The molecule has 1 aliphatic rings. The molecule has 0 atom stereocenters. The van der Waals surface area contributed by atoms with E-state index in [0.717, 1.165) is 19.0 Å². The molecule has 1 saturated heterocycles. The van der Waals surface area contributed by atoms with Crippen molar-refractivity contribution >= 4 is 17.6 Å². The molecule has 1 heterocycles. The molecular formula is C9H16ClN3. The van der Waals surface area contributed by atoms with Crippen LogP contribution in [0.4, 0.5) is 0 Å². The van der Waals surface area contributed by atoms with Gasteiger partial charge in [-0.25, -0.2) is 0 Å².